The van der Waals surface area contributed by atoms with Gasteiger partial charge in [-0.05, 0) is 54.8 Å². The lowest BCUT2D eigenvalue weighted by Gasteiger charge is -2.19. The van der Waals surface area contributed by atoms with E-state index in [1.807, 2.05) is 43.3 Å². The Bertz CT molecular complexity index is 1170. The minimum atomic E-state index is 0.0708. The van der Waals surface area contributed by atoms with Crippen LogP contribution in [0.3, 0.4) is 0 Å². The first-order chi connectivity index (χ1) is 14.4. The molecule has 1 aromatic carbocycles. The number of hydrogen-bond donors (Lipinski definition) is 0. The number of hydrogen-bond acceptors (Lipinski definition) is 6. The Morgan fingerprint density at radius 3 is 2.43 bits per heavy atom. The van der Waals surface area contributed by atoms with Gasteiger partial charge in [0.2, 0.25) is 0 Å². The highest BCUT2D eigenvalue weighted by molar-refractivity contribution is 5.86. The molecule has 6 heteroatoms. The normalized spacial score (nSPS) is 11.5. The highest BCUT2D eigenvalue weighted by Gasteiger charge is 2.15. The Kier molecular flexibility index (Phi) is 5.31. The molecule has 0 radical (unpaired) electrons. The molecule has 4 rings (SSSR count). The second kappa shape index (κ2) is 8.06. The topological polar surface area (TPSA) is 70.0 Å². The third-order valence-electron chi connectivity index (χ3n) is 4.34. The molecule has 0 aliphatic rings. The van der Waals surface area contributed by atoms with Gasteiger partial charge in [-0.2, -0.15) is 0 Å². The van der Waals surface area contributed by atoms with Gasteiger partial charge in [0.25, 0.3) is 0 Å². The summed E-state index contributed by atoms with van der Waals surface area (Å²) in [5.41, 5.74) is 2.36. The summed E-state index contributed by atoms with van der Waals surface area (Å²) < 4.78 is 12.3. The van der Waals surface area contributed by atoms with Crippen LogP contribution >= 0.6 is 0 Å². The van der Waals surface area contributed by atoms with E-state index in [0.29, 0.717) is 29.6 Å². The lowest BCUT2D eigenvalue weighted by molar-refractivity contribution is 0.198. The fourth-order valence-electron chi connectivity index (χ4n) is 2.91. The van der Waals surface area contributed by atoms with E-state index in [4.69, 9.17) is 9.47 Å². The minimum Gasteiger partial charge on any atom is -0.493 e. The van der Waals surface area contributed by atoms with Crippen LogP contribution in [0.15, 0.2) is 61.1 Å². The Balaban J connectivity index is 1.72. The molecule has 0 N–H and O–H groups in total. The van der Waals surface area contributed by atoms with Crippen molar-refractivity contribution in [2.24, 2.45) is 5.41 Å². The second-order valence-electron chi connectivity index (χ2n) is 8.31. The third-order valence-corrected chi connectivity index (χ3v) is 4.34. The summed E-state index contributed by atoms with van der Waals surface area (Å²) in [6.45, 7) is 8.97. The maximum absolute atomic E-state index is 6.29. The van der Waals surface area contributed by atoms with E-state index in [0.717, 1.165) is 22.3 Å². The average molecular weight is 400 g/mol. The summed E-state index contributed by atoms with van der Waals surface area (Å²) >= 11 is 0. The number of ether oxygens (including phenoxy) is 2. The molecule has 3 aromatic heterocycles. The Morgan fingerprint density at radius 2 is 1.67 bits per heavy atom. The Labute approximate surface area is 176 Å². The van der Waals surface area contributed by atoms with Gasteiger partial charge in [0.1, 0.15) is 11.5 Å². The van der Waals surface area contributed by atoms with Crippen molar-refractivity contribution in [3.05, 3.63) is 66.7 Å². The first-order valence-electron chi connectivity index (χ1n) is 9.83. The van der Waals surface area contributed by atoms with Crippen LogP contribution in [0.2, 0.25) is 0 Å². The van der Waals surface area contributed by atoms with Gasteiger partial charge in [-0.3, -0.25) is 4.98 Å². The molecule has 0 aliphatic heterocycles. The van der Waals surface area contributed by atoms with Crippen molar-refractivity contribution < 1.29 is 9.47 Å². The number of aryl methyl sites for hydroxylation is 1. The van der Waals surface area contributed by atoms with Gasteiger partial charge >= 0.3 is 0 Å². The van der Waals surface area contributed by atoms with Crippen molar-refractivity contribution in [1.29, 1.82) is 0 Å². The molecular weight excluding hydrogens is 376 g/mol. The summed E-state index contributed by atoms with van der Waals surface area (Å²) in [6, 6.07) is 13.2. The predicted molar refractivity (Wildman–Crippen MR) is 117 cm³/mol. The first-order valence-corrected chi connectivity index (χ1v) is 9.83. The van der Waals surface area contributed by atoms with E-state index in [1.54, 1.807) is 24.7 Å². The fraction of sp³-hybridized carbons (Fsp3) is 0.250. The van der Waals surface area contributed by atoms with E-state index >= 15 is 0 Å². The van der Waals surface area contributed by atoms with Crippen LogP contribution in [0, 0.1) is 12.3 Å². The molecule has 0 spiro atoms. The number of aromatic nitrogens is 4. The van der Waals surface area contributed by atoms with Crippen LogP contribution in [-0.2, 0) is 0 Å². The molecule has 6 nitrogen and oxygen atoms in total. The number of nitrogens with zero attached hydrogens (tertiary/aromatic N) is 4. The summed E-state index contributed by atoms with van der Waals surface area (Å²) in [5.74, 6) is 2.55. The molecule has 30 heavy (non-hydrogen) atoms. The van der Waals surface area contributed by atoms with Crippen molar-refractivity contribution in [3.8, 4) is 28.8 Å². The van der Waals surface area contributed by atoms with Crippen molar-refractivity contribution in [2.45, 2.75) is 27.7 Å². The molecule has 3 heterocycles. The maximum Gasteiger partial charge on any atom is 0.181 e. The van der Waals surface area contributed by atoms with Crippen molar-refractivity contribution in [3.63, 3.8) is 0 Å². The highest BCUT2D eigenvalue weighted by Crippen LogP contribution is 2.35. The summed E-state index contributed by atoms with van der Waals surface area (Å²) in [4.78, 5) is 17.7. The van der Waals surface area contributed by atoms with Gasteiger partial charge in [-0.15, -0.1) is 0 Å². The van der Waals surface area contributed by atoms with Crippen LogP contribution in [-0.4, -0.2) is 26.5 Å². The highest BCUT2D eigenvalue weighted by atomic mass is 16.5. The van der Waals surface area contributed by atoms with Gasteiger partial charge in [0.05, 0.1) is 12.1 Å². The number of rotatable bonds is 5. The van der Waals surface area contributed by atoms with Crippen LogP contribution in [0.25, 0.3) is 22.4 Å². The van der Waals surface area contributed by atoms with Gasteiger partial charge in [0, 0.05) is 29.7 Å². The van der Waals surface area contributed by atoms with Gasteiger partial charge in [0.15, 0.2) is 17.3 Å². The summed E-state index contributed by atoms with van der Waals surface area (Å²) in [6.07, 6.45) is 5.11. The maximum atomic E-state index is 6.29. The van der Waals surface area contributed by atoms with Crippen LogP contribution in [0.4, 0.5) is 0 Å². The Hall–Kier alpha value is -3.54. The van der Waals surface area contributed by atoms with Crippen LogP contribution in [0.1, 0.15) is 26.5 Å². The zero-order valence-electron chi connectivity index (χ0n) is 17.6. The van der Waals surface area contributed by atoms with Crippen LogP contribution in [0.5, 0.6) is 17.2 Å². The van der Waals surface area contributed by atoms with Gasteiger partial charge < -0.3 is 9.47 Å². The van der Waals surface area contributed by atoms with Crippen molar-refractivity contribution >= 4 is 10.9 Å². The average Bonchev–Trinajstić information content (AvgIpc) is 2.74. The van der Waals surface area contributed by atoms with E-state index in [1.165, 1.54) is 0 Å². The van der Waals surface area contributed by atoms with Gasteiger partial charge in [-0.1, -0.05) is 20.8 Å². The zero-order valence-corrected chi connectivity index (χ0v) is 17.6. The van der Waals surface area contributed by atoms with Crippen LogP contribution < -0.4 is 9.47 Å². The molecule has 0 amide bonds. The number of benzene rings is 1. The molecule has 0 saturated carbocycles. The first kappa shape index (κ1) is 19.8. The number of pyridine rings is 2. The second-order valence-corrected chi connectivity index (χ2v) is 8.31. The monoisotopic (exact) mass is 400 g/mol. The summed E-state index contributed by atoms with van der Waals surface area (Å²) in [7, 11) is 0. The van der Waals surface area contributed by atoms with Crippen molar-refractivity contribution in [1.82, 2.24) is 19.9 Å². The quantitative estimate of drug-likeness (QED) is 0.433. The molecule has 0 atom stereocenters. The van der Waals surface area contributed by atoms with Gasteiger partial charge in [-0.25, -0.2) is 15.0 Å². The fourth-order valence-corrected chi connectivity index (χ4v) is 2.91. The molecule has 0 aliphatic carbocycles. The minimum absolute atomic E-state index is 0.0708. The Morgan fingerprint density at radius 1 is 0.867 bits per heavy atom. The largest absolute Gasteiger partial charge is 0.493 e. The standard InChI is InChI=1S/C24H24N4O2/c1-16-6-9-21(22(28-16)23-26-11-5-12-27-23)30-20-10-13-25-19-8-7-17(14-18(19)20)29-15-24(2,3)4/h5-14H,15H2,1-4H3. The van der Waals surface area contributed by atoms with E-state index in [9.17, 15) is 0 Å². The van der Waals surface area contributed by atoms with E-state index < -0.39 is 0 Å². The molecule has 4 aromatic rings. The van der Waals surface area contributed by atoms with Crippen molar-refractivity contribution in [2.75, 3.05) is 6.61 Å². The predicted octanol–water partition coefficient (Wildman–Crippen LogP) is 5.61. The molecule has 0 fully saturated rings. The molecule has 152 valence electrons. The lowest BCUT2D eigenvalue weighted by atomic mass is 9.99. The molecule has 0 unspecified atom stereocenters. The zero-order chi connectivity index (χ0) is 21.1. The molecule has 0 saturated heterocycles. The number of fused-ring (bicyclic) bond motifs is 1. The summed E-state index contributed by atoms with van der Waals surface area (Å²) in [5, 5.41) is 0.865. The molecular formula is C24H24N4O2. The molecule has 0 bridgehead atoms. The smallest absolute Gasteiger partial charge is 0.181 e. The van der Waals surface area contributed by atoms with E-state index in [2.05, 4.69) is 40.7 Å². The SMILES string of the molecule is Cc1ccc(Oc2ccnc3ccc(OCC(C)(C)C)cc23)c(-c2ncccn2)n1. The van der Waals surface area contributed by atoms with E-state index in [-0.39, 0.29) is 5.41 Å². The lowest BCUT2D eigenvalue weighted by Crippen LogP contribution is -2.16. The third kappa shape index (κ3) is 4.54.